The molecule has 3 aromatic carbocycles. The predicted octanol–water partition coefficient (Wildman–Crippen LogP) is 5.02. The minimum absolute atomic E-state index is 0.00897. The number of carbonyl (C=O) groups excluding carboxylic acids is 1. The van der Waals surface area contributed by atoms with Gasteiger partial charge in [-0.25, -0.2) is 0 Å². The monoisotopic (exact) mass is 466 g/mol. The molecule has 35 heavy (non-hydrogen) atoms. The second kappa shape index (κ2) is 10.6. The van der Waals surface area contributed by atoms with Gasteiger partial charge < -0.3 is 9.64 Å². The SMILES string of the molecule is CCOc1ccc(-c2cc(C(=O)N3CCN(C(c4ccccc4)c4ccccc4)CC3)[nH]n2)cc1. The molecule has 2 heterocycles. The van der Waals surface area contributed by atoms with Gasteiger partial charge in [-0.15, -0.1) is 0 Å². The molecule has 178 valence electrons. The first-order valence-corrected chi connectivity index (χ1v) is 12.1. The standard InChI is InChI=1S/C29H30N4O2/c1-2-35-25-15-13-22(14-16-25)26-21-27(31-30-26)29(34)33-19-17-32(18-20-33)28(23-9-5-3-6-10-23)24-11-7-4-8-12-24/h3-16,21,28H,2,17-20H2,1H3,(H,30,31). The average Bonchev–Trinajstić information content (AvgIpc) is 3.41. The number of rotatable bonds is 7. The molecule has 0 unspecified atom stereocenters. The summed E-state index contributed by atoms with van der Waals surface area (Å²) in [6, 6.07) is 31.0. The second-order valence-corrected chi connectivity index (χ2v) is 8.68. The first-order chi connectivity index (χ1) is 17.2. The summed E-state index contributed by atoms with van der Waals surface area (Å²) >= 11 is 0. The molecule has 1 amide bonds. The number of amides is 1. The average molecular weight is 467 g/mol. The molecule has 0 bridgehead atoms. The summed E-state index contributed by atoms with van der Waals surface area (Å²) in [6.07, 6.45) is 0. The number of ether oxygens (including phenoxy) is 1. The minimum atomic E-state index is -0.00897. The van der Waals surface area contributed by atoms with Crippen molar-refractivity contribution in [1.29, 1.82) is 0 Å². The quantitative estimate of drug-likeness (QED) is 0.415. The van der Waals surface area contributed by atoms with E-state index in [0.29, 0.717) is 25.4 Å². The first-order valence-electron chi connectivity index (χ1n) is 12.1. The predicted molar refractivity (Wildman–Crippen MR) is 137 cm³/mol. The highest BCUT2D eigenvalue weighted by Crippen LogP contribution is 2.30. The summed E-state index contributed by atoms with van der Waals surface area (Å²) in [5.41, 5.74) is 4.76. The van der Waals surface area contributed by atoms with E-state index in [4.69, 9.17) is 4.74 Å². The molecule has 1 N–H and O–H groups in total. The number of carbonyl (C=O) groups is 1. The summed E-state index contributed by atoms with van der Waals surface area (Å²) in [7, 11) is 0. The highest BCUT2D eigenvalue weighted by atomic mass is 16.5. The Balaban J connectivity index is 1.26. The van der Waals surface area contributed by atoms with Crippen LogP contribution in [0.3, 0.4) is 0 Å². The second-order valence-electron chi connectivity index (χ2n) is 8.68. The third kappa shape index (κ3) is 5.12. The molecule has 0 spiro atoms. The number of nitrogens with one attached hydrogen (secondary N) is 1. The normalized spacial score (nSPS) is 14.3. The smallest absolute Gasteiger partial charge is 0.271 e. The van der Waals surface area contributed by atoms with E-state index in [1.54, 1.807) is 0 Å². The van der Waals surface area contributed by atoms with Crippen molar-refractivity contribution in [1.82, 2.24) is 20.0 Å². The zero-order valence-corrected chi connectivity index (χ0v) is 19.9. The molecule has 0 atom stereocenters. The van der Waals surface area contributed by atoms with Crippen LogP contribution < -0.4 is 4.74 Å². The van der Waals surface area contributed by atoms with Gasteiger partial charge in [0.1, 0.15) is 11.4 Å². The highest BCUT2D eigenvalue weighted by molar-refractivity contribution is 5.93. The van der Waals surface area contributed by atoms with Crippen molar-refractivity contribution in [2.24, 2.45) is 0 Å². The van der Waals surface area contributed by atoms with Gasteiger partial charge in [0.15, 0.2) is 0 Å². The van der Waals surface area contributed by atoms with Crippen LogP contribution in [-0.2, 0) is 0 Å². The summed E-state index contributed by atoms with van der Waals surface area (Å²) in [4.78, 5) is 17.6. The van der Waals surface area contributed by atoms with Gasteiger partial charge in [-0.3, -0.25) is 14.8 Å². The van der Waals surface area contributed by atoms with E-state index in [0.717, 1.165) is 30.1 Å². The molecular formula is C29H30N4O2. The summed E-state index contributed by atoms with van der Waals surface area (Å²) < 4.78 is 5.51. The van der Waals surface area contributed by atoms with Crippen LogP contribution in [0.1, 0.15) is 34.6 Å². The van der Waals surface area contributed by atoms with Crippen molar-refractivity contribution in [3.05, 3.63) is 108 Å². The Morgan fingerprint density at radius 2 is 1.49 bits per heavy atom. The van der Waals surface area contributed by atoms with E-state index >= 15 is 0 Å². The van der Waals surface area contributed by atoms with Gasteiger partial charge in [0.2, 0.25) is 0 Å². The lowest BCUT2D eigenvalue weighted by molar-refractivity contribution is 0.0592. The van der Waals surface area contributed by atoms with Crippen molar-refractivity contribution in [2.75, 3.05) is 32.8 Å². The Kier molecular flexibility index (Phi) is 6.91. The van der Waals surface area contributed by atoms with E-state index in [1.807, 2.05) is 54.3 Å². The van der Waals surface area contributed by atoms with Crippen LogP contribution in [0.15, 0.2) is 91.0 Å². The molecule has 5 rings (SSSR count). The van der Waals surface area contributed by atoms with E-state index in [9.17, 15) is 4.79 Å². The van der Waals surface area contributed by atoms with E-state index in [1.165, 1.54) is 11.1 Å². The van der Waals surface area contributed by atoms with Crippen LogP contribution in [0.5, 0.6) is 5.75 Å². The zero-order chi connectivity index (χ0) is 24.0. The van der Waals surface area contributed by atoms with Crippen LogP contribution in [0.4, 0.5) is 0 Å². The first kappa shape index (κ1) is 22.9. The third-order valence-electron chi connectivity index (χ3n) is 6.47. The molecule has 6 nitrogen and oxygen atoms in total. The van der Waals surface area contributed by atoms with Gasteiger partial charge in [0, 0.05) is 31.7 Å². The zero-order valence-electron chi connectivity index (χ0n) is 19.9. The molecule has 0 radical (unpaired) electrons. The van der Waals surface area contributed by atoms with Crippen LogP contribution in [-0.4, -0.2) is 58.7 Å². The third-order valence-corrected chi connectivity index (χ3v) is 6.47. The fraction of sp³-hybridized carbons (Fsp3) is 0.241. The number of aromatic nitrogens is 2. The molecule has 0 saturated carbocycles. The molecule has 1 aromatic heterocycles. The number of hydrogen-bond acceptors (Lipinski definition) is 4. The molecular weight excluding hydrogens is 436 g/mol. The Morgan fingerprint density at radius 3 is 2.06 bits per heavy atom. The number of piperazine rings is 1. The number of nitrogens with zero attached hydrogens (tertiary/aromatic N) is 3. The lowest BCUT2D eigenvalue weighted by atomic mass is 9.96. The van der Waals surface area contributed by atoms with E-state index in [-0.39, 0.29) is 11.9 Å². The topological polar surface area (TPSA) is 61.5 Å². The van der Waals surface area contributed by atoms with E-state index < -0.39 is 0 Å². The van der Waals surface area contributed by atoms with Gasteiger partial charge in [0.05, 0.1) is 18.3 Å². The van der Waals surface area contributed by atoms with Crippen molar-refractivity contribution in [3.8, 4) is 17.0 Å². The van der Waals surface area contributed by atoms with Crippen molar-refractivity contribution >= 4 is 5.91 Å². The molecule has 4 aromatic rings. The maximum Gasteiger partial charge on any atom is 0.271 e. The van der Waals surface area contributed by atoms with Gasteiger partial charge in [-0.2, -0.15) is 5.10 Å². The summed E-state index contributed by atoms with van der Waals surface area (Å²) in [5, 5.41) is 7.32. The van der Waals surface area contributed by atoms with Crippen LogP contribution in [0, 0.1) is 0 Å². The van der Waals surface area contributed by atoms with Crippen LogP contribution in [0.2, 0.25) is 0 Å². The van der Waals surface area contributed by atoms with Crippen molar-refractivity contribution in [2.45, 2.75) is 13.0 Å². The maximum atomic E-state index is 13.2. The Bertz CT molecular complexity index is 1190. The maximum absolute atomic E-state index is 13.2. The minimum Gasteiger partial charge on any atom is -0.494 e. The lowest BCUT2D eigenvalue weighted by Crippen LogP contribution is -2.50. The molecule has 6 heteroatoms. The number of benzene rings is 3. The van der Waals surface area contributed by atoms with Crippen molar-refractivity contribution in [3.63, 3.8) is 0 Å². The summed E-state index contributed by atoms with van der Waals surface area (Å²) in [6.45, 7) is 5.55. The highest BCUT2D eigenvalue weighted by Gasteiger charge is 2.29. The van der Waals surface area contributed by atoms with Crippen LogP contribution in [0.25, 0.3) is 11.3 Å². The lowest BCUT2D eigenvalue weighted by Gasteiger charge is -2.39. The van der Waals surface area contributed by atoms with Crippen molar-refractivity contribution < 1.29 is 9.53 Å². The Labute approximate surface area is 206 Å². The fourth-order valence-corrected chi connectivity index (χ4v) is 4.71. The molecule has 1 aliphatic heterocycles. The van der Waals surface area contributed by atoms with Gasteiger partial charge in [0.25, 0.3) is 5.91 Å². The van der Waals surface area contributed by atoms with Gasteiger partial charge in [-0.1, -0.05) is 60.7 Å². The Morgan fingerprint density at radius 1 is 0.886 bits per heavy atom. The number of aromatic amines is 1. The fourth-order valence-electron chi connectivity index (χ4n) is 4.71. The van der Waals surface area contributed by atoms with Gasteiger partial charge >= 0.3 is 0 Å². The Hall–Kier alpha value is -3.90. The molecule has 0 aliphatic carbocycles. The largest absolute Gasteiger partial charge is 0.494 e. The number of hydrogen-bond donors (Lipinski definition) is 1. The van der Waals surface area contributed by atoms with E-state index in [2.05, 4.69) is 63.6 Å². The van der Waals surface area contributed by atoms with Gasteiger partial charge in [-0.05, 0) is 48.4 Å². The molecule has 1 saturated heterocycles. The van der Waals surface area contributed by atoms with Crippen LogP contribution >= 0.6 is 0 Å². The number of H-pyrrole nitrogens is 1. The molecule has 1 fully saturated rings. The molecule has 1 aliphatic rings. The summed E-state index contributed by atoms with van der Waals surface area (Å²) in [5.74, 6) is 0.815.